The van der Waals surface area contributed by atoms with Gasteiger partial charge in [0.15, 0.2) is 0 Å². The van der Waals surface area contributed by atoms with Crippen LogP contribution in [0, 0.1) is 12.8 Å². The predicted octanol–water partition coefficient (Wildman–Crippen LogP) is 3.04. The van der Waals surface area contributed by atoms with Crippen molar-refractivity contribution in [3.63, 3.8) is 0 Å². The van der Waals surface area contributed by atoms with E-state index in [1.165, 1.54) is 5.56 Å². The number of rotatable bonds is 3. The number of hydrogen-bond donors (Lipinski definition) is 1. The molecule has 2 heterocycles. The number of amides is 3. The fourth-order valence-corrected chi connectivity index (χ4v) is 5.91. The van der Waals surface area contributed by atoms with Crippen LogP contribution < -0.4 is 5.32 Å². The summed E-state index contributed by atoms with van der Waals surface area (Å²) in [5.74, 6) is 0.0223. The second kappa shape index (κ2) is 9.98. The van der Waals surface area contributed by atoms with Crippen molar-refractivity contribution >= 4 is 35.7 Å². The quantitative estimate of drug-likeness (QED) is 0.706. The third-order valence-corrected chi connectivity index (χ3v) is 7.87. The van der Waals surface area contributed by atoms with E-state index < -0.39 is 0 Å². The van der Waals surface area contributed by atoms with Gasteiger partial charge in [-0.3, -0.25) is 9.59 Å². The second-order valence-electron chi connectivity index (χ2n) is 8.68. The van der Waals surface area contributed by atoms with Crippen molar-refractivity contribution in [2.75, 3.05) is 32.8 Å². The highest BCUT2D eigenvalue weighted by Gasteiger charge is 2.41. The topological polar surface area (TPSA) is 79.0 Å². The number of fused-ring (bicyclic) bond motifs is 1. The highest BCUT2D eigenvalue weighted by molar-refractivity contribution is 8.04. The van der Waals surface area contributed by atoms with E-state index in [1.54, 1.807) is 23.6 Å². The zero-order valence-electron chi connectivity index (χ0n) is 18.7. The standard InChI is InChI=1S/C24H31N3O4S/c1-3-31-24(30)27-12-10-26(11-13-27)23(29)18-8-9-20-19(15-18)25-22(28)21(32-20)14-17-6-4-16(2)5-7-17/h4-7,14,18-20H,3,8-13,15H2,1-2H3,(H,25,28)/b21-14+. The average molecular weight is 458 g/mol. The van der Waals surface area contributed by atoms with E-state index in [4.69, 9.17) is 4.74 Å². The number of nitrogens with one attached hydrogen (secondary N) is 1. The van der Waals surface area contributed by atoms with Crippen LogP contribution >= 0.6 is 11.8 Å². The van der Waals surface area contributed by atoms with Crippen LogP contribution in [0.4, 0.5) is 4.79 Å². The monoisotopic (exact) mass is 457 g/mol. The lowest BCUT2D eigenvalue weighted by Crippen LogP contribution is -2.55. The molecule has 3 atom stereocenters. The Morgan fingerprint density at radius 1 is 1.12 bits per heavy atom. The van der Waals surface area contributed by atoms with Crippen LogP contribution in [0.15, 0.2) is 29.2 Å². The van der Waals surface area contributed by atoms with Crippen LogP contribution in [0.1, 0.15) is 37.3 Å². The third kappa shape index (κ3) is 5.11. The lowest BCUT2D eigenvalue weighted by molar-refractivity contribution is -0.138. The molecule has 0 aromatic heterocycles. The summed E-state index contributed by atoms with van der Waals surface area (Å²) in [6, 6.07) is 8.17. The first-order chi connectivity index (χ1) is 15.4. The minimum atomic E-state index is -0.309. The fourth-order valence-electron chi connectivity index (χ4n) is 4.61. The lowest BCUT2D eigenvalue weighted by Gasteiger charge is -2.41. The van der Waals surface area contributed by atoms with Gasteiger partial charge in [0.2, 0.25) is 5.91 Å². The summed E-state index contributed by atoms with van der Waals surface area (Å²) in [7, 11) is 0. The van der Waals surface area contributed by atoms with Crippen molar-refractivity contribution < 1.29 is 19.1 Å². The van der Waals surface area contributed by atoms with Gasteiger partial charge in [-0.2, -0.15) is 0 Å². The van der Waals surface area contributed by atoms with Crippen molar-refractivity contribution in [1.82, 2.24) is 15.1 Å². The molecule has 4 rings (SSSR count). The van der Waals surface area contributed by atoms with E-state index in [2.05, 4.69) is 5.32 Å². The maximum atomic E-state index is 13.1. The molecule has 1 aliphatic carbocycles. The van der Waals surface area contributed by atoms with Crippen LogP contribution in [0.5, 0.6) is 0 Å². The van der Waals surface area contributed by atoms with Crippen LogP contribution in [-0.2, 0) is 14.3 Å². The van der Waals surface area contributed by atoms with E-state index in [0.29, 0.717) is 44.5 Å². The molecular formula is C24H31N3O4S. The Balaban J connectivity index is 1.32. The third-order valence-electron chi connectivity index (χ3n) is 6.45. The summed E-state index contributed by atoms with van der Waals surface area (Å²) in [5.41, 5.74) is 2.22. The second-order valence-corrected chi connectivity index (χ2v) is 9.96. The van der Waals surface area contributed by atoms with Gasteiger partial charge in [0, 0.05) is 43.4 Å². The molecule has 3 amide bonds. The van der Waals surface area contributed by atoms with Crippen LogP contribution in [0.25, 0.3) is 6.08 Å². The smallest absolute Gasteiger partial charge is 0.409 e. The number of ether oxygens (including phenoxy) is 1. The normalized spacial score (nSPS) is 27.0. The molecule has 2 aliphatic heterocycles. The summed E-state index contributed by atoms with van der Waals surface area (Å²) >= 11 is 1.65. The van der Waals surface area contributed by atoms with E-state index in [1.807, 2.05) is 42.2 Å². The van der Waals surface area contributed by atoms with Crippen molar-refractivity contribution in [3.05, 3.63) is 40.3 Å². The lowest BCUT2D eigenvalue weighted by atomic mass is 9.84. The Morgan fingerprint density at radius 3 is 2.50 bits per heavy atom. The molecule has 1 aromatic rings. The number of benzene rings is 1. The first-order valence-electron chi connectivity index (χ1n) is 11.4. The van der Waals surface area contributed by atoms with Crippen LogP contribution in [0.2, 0.25) is 0 Å². The van der Waals surface area contributed by atoms with E-state index in [9.17, 15) is 14.4 Å². The van der Waals surface area contributed by atoms with Gasteiger partial charge in [-0.1, -0.05) is 29.8 Å². The number of aryl methyl sites for hydroxylation is 1. The van der Waals surface area contributed by atoms with E-state index >= 15 is 0 Å². The number of carbonyl (C=O) groups is 3. The fraction of sp³-hybridized carbons (Fsp3) is 0.542. The Bertz CT molecular complexity index is 893. The number of nitrogens with zero attached hydrogens (tertiary/aromatic N) is 2. The van der Waals surface area contributed by atoms with Crippen LogP contribution in [-0.4, -0.2) is 71.8 Å². The zero-order valence-corrected chi connectivity index (χ0v) is 19.5. The molecule has 0 radical (unpaired) electrons. The molecule has 32 heavy (non-hydrogen) atoms. The Hall–Kier alpha value is -2.48. The van der Waals surface area contributed by atoms with Gasteiger partial charge >= 0.3 is 6.09 Å². The van der Waals surface area contributed by atoms with Crippen molar-refractivity contribution in [2.24, 2.45) is 5.92 Å². The van der Waals surface area contributed by atoms with Crippen LogP contribution in [0.3, 0.4) is 0 Å². The van der Waals surface area contributed by atoms with Gasteiger partial charge in [-0.25, -0.2) is 4.79 Å². The summed E-state index contributed by atoms with van der Waals surface area (Å²) in [5, 5.41) is 3.46. The Kier molecular flexibility index (Phi) is 7.08. The highest BCUT2D eigenvalue weighted by atomic mass is 32.2. The molecule has 8 heteroatoms. The highest BCUT2D eigenvalue weighted by Crippen LogP contribution is 2.40. The first kappa shape index (κ1) is 22.7. The average Bonchev–Trinajstić information content (AvgIpc) is 2.80. The molecule has 1 N–H and O–H groups in total. The van der Waals surface area contributed by atoms with Gasteiger partial charge in [-0.15, -0.1) is 11.8 Å². The largest absolute Gasteiger partial charge is 0.450 e. The van der Waals surface area contributed by atoms with Gasteiger partial charge in [0.1, 0.15) is 0 Å². The first-order valence-corrected chi connectivity index (χ1v) is 12.3. The molecule has 0 bridgehead atoms. The Morgan fingerprint density at radius 2 is 1.81 bits per heavy atom. The molecule has 2 saturated heterocycles. The predicted molar refractivity (Wildman–Crippen MR) is 125 cm³/mol. The van der Waals surface area contributed by atoms with Crippen molar-refractivity contribution in [2.45, 2.75) is 44.4 Å². The number of carbonyl (C=O) groups excluding carboxylic acids is 3. The SMILES string of the molecule is CCOC(=O)N1CCN(C(=O)C2CCC3S/C(=C/c4ccc(C)cc4)C(=O)NC3C2)CC1. The van der Waals surface area contributed by atoms with Crippen molar-refractivity contribution in [1.29, 1.82) is 0 Å². The zero-order chi connectivity index (χ0) is 22.7. The van der Waals surface area contributed by atoms with E-state index in [-0.39, 0.29) is 29.9 Å². The molecule has 3 fully saturated rings. The van der Waals surface area contributed by atoms with Gasteiger partial charge in [-0.05, 0) is 44.7 Å². The minimum absolute atomic E-state index is 0.0196. The maximum Gasteiger partial charge on any atom is 0.409 e. The summed E-state index contributed by atoms with van der Waals surface area (Å²) in [4.78, 5) is 42.0. The molecule has 172 valence electrons. The summed E-state index contributed by atoms with van der Waals surface area (Å²) < 4.78 is 5.05. The molecule has 1 aromatic carbocycles. The molecule has 3 unspecified atom stereocenters. The maximum absolute atomic E-state index is 13.1. The number of thioether (sulfide) groups is 1. The van der Waals surface area contributed by atoms with Gasteiger partial charge < -0.3 is 19.9 Å². The van der Waals surface area contributed by atoms with Gasteiger partial charge in [0.25, 0.3) is 5.91 Å². The molecule has 0 spiro atoms. The summed E-state index contributed by atoms with van der Waals surface area (Å²) in [6.45, 7) is 6.27. The van der Waals surface area contributed by atoms with Crippen molar-refractivity contribution in [3.8, 4) is 0 Å². The number of hydrogen-bond acceptors (Lipinski definition) is 5. The number of piperazine rings is 1. The minimum Gasteiger partial charge on any atom is -0.450 e. The molecule has 1 saturated carbocycles. The molecule has 7 nitrogen and oxygen atoms in total. The van der Waals surface area contributed by atoms with E-state index in [0.717, 1.165) is 23.3 Å². The molecule has 3 aliphatic rings. The van der Waals surface area contributed by atoms with Gasteiger partial charge in [0.05, 0.1) is 11.5 Å². The molecular weight excluding hydrogens is 426 g/mol. The Labute approximate surface area is 193 Å². The summed E-state index contributed by atoms with van der Waals surface area (Å²) in [6.07, 6.45) is 4.06.